The molecule has 1 unspecified atom stereocenters. The molecule has 1 saturated heterocycles. The molecule has 2 aromatic heterocycles. The number of nitrogens with zero attached hydrogens (tertiary/aromatic N) is 2. The Morgan fingerprint density at radius 3 is 3.00 bits per heavy atom. The number of likely N-dealkylation sites (tertiary alicyclic amines) is 1. The predicted molar refractivity (Wildman–Crippen MR) is 98.2 cm³/mol. The molecular formula is C20H18F2N2O2S. The first-order chi connectivity index (χ1) is 13.1. The number of carbonyl (C=O) groups is 1. The second-order valence-electron chi connectivity index (χ2n) is 6.50. The average Bonchev–Trinajstić information content (AvgIpc) is 3.39. The maximum absolute atomic E-state index is 13.9. The highest BCUT2D eigenvalue weighted by atomic mass is 32.1. The molecule has 0 saturated carbocycles. The van der Waals surface area contributed by atoms with Gasteiger partial charge in [0.05, 0.1) is 17.8 Å². The molecule has 0 aliphatic carbocycles. The molecule has 1 amide bonds. The van der Waals surface area contributed by atoms with Gasteiger partial charge in [-0.05, 0) is 36.4 Å². The van der Waals surface area contributed by atoms with E-state index in [1.54, 1.807) is 11.3 Å². The second kappa shape index (κ2) is 7.60. The molecule has 1 aliphatic heterocycles. The highest BCUT2D eigenvalue weighted by Crippen LogP contribution is 2.35. The molecule has 4 nitrogen and oxygen atoms in total. The third kappa shape index (κ3) is 3.78. The zero-order chi connectivity index (χ0) is 18.8. The van der Waals surface area contributed by atoms with Crippen molar-refractivity contribution in [1.82, 2.24) is 9.88 Å². The third-order valence-corrected chi connectivity index (χ3v) is 5.72. The van der Waals surface area contributed by atoms with Crippen molar-refractivity contribution in [2.45, 2.75) is 31.7 Å². The fraction of sp³-hybridized carbons (Fsp3) is 0.300. The number of carbonyl (C=O) groups excluding carboxylic acids is 1. The predicted octanol–water partition coefficient (Wildman–Crippen LogP) is 4.98. The molecule has 140 valence electrons. The molecule has 27 heavy (non-hydrogen) atoms. The normalized spacial score (nSPS) is 16.8. The monoisotopic (exact) mass is 388 g/mol. The van der Waals surface area contributed by atoms with Crippen LogP contribution in [0, 0.1) is 11.6 Å². The van der Waals surface area contributed by atoms with Crippen LogP contribution in [0.3, 0.4) is 0 Å². The topological polar surface area (TPSA) is 46.3 Å². The summed E-state index contributed by atoms with van der Waals surface area (Å²) in [5.74, 6) is -0.683. The van der Waals surface area contributed by atoms with Gasteiger partial charge in [-0.1, -0.05) is 6.07 Å². The van der Waals surface area contributed by atoms with Crippen molar-refractivity contribution < 1.29 is 18.0 Å². The van der Waals surface area contributed by atoms with Gasteiger partial charge in [0.15, 0.2) is 11.7 Å². The first kappa shape index (κ1) is 17.9. The fourth-order valence-corrected chi connectivity index (χ4v) is 4.31. The van der Waals surface area contributed by atoms with Crippen molar-refractivity contribution in [1.29, 1.82) is 0 Å². The lowest BCUT2D eigenvalue weighted by Crippen LogP contribution is -2.30. The Morgan fingerprint density at radius 2 is 2.22 bits per heavy atom. The molecule has 0 N–H and O–H groups in total. The van der Waals surface area contributed by atoms with Crippen LogP contribution in [0.5, 0.6) is 0 Å². The summed E-state index contributed by atoms with van der Waals surface area (Å²) < 4.78 is 32.4. The van der Waals surface area contributed by atoms with Crippen LogP contribution in [0.4, 0.5) is 8.78 Å². The highest BCUT2D eigenvalue weighted by molar-refractivity contribution is 7.10. The summed E-state index contributed by atoms with van der Waals surface area (Å²) in [5.41, 5.74) is 0.152. The number of hydrogen-bond donors (Lipinski definition) is 0. The maximum Gasteiger partial charge on any atom is 0.223 e. The Labute approximate surface area is 159 Å². The van der Waals surface area contributed by atoms with Crippen LogP contribution in [-0.4, -0.2) is 22.3 Å². The Hall–Kier alpha value is -2.54. The van der Waals surface area contributed by atoms with Gasteiger partial charge in [0, 0.05) is 30.3 Å². The summed E-state index contributed by atoms with van der Waals surface area (Å²) in [5, 5.41) is 2.03. The van der Waals surface area contributed by atoms with Gasteiger partial charge in [-0.3, -0.25) is 4.79 Å². The minimum Gasteiger partial charge on any atom is -0.441 e. The van der Waals surface area contributed by atoms with Crippen molar-refractivity contribution in [3.05, 3.63) is 64.3 Å². The van der Waals surface area contributed by atoms with Gasteiger partial charge in [-0.2, -0.15) is 0 Å². The Morgan fingerprint density at radius 1 is 1.33 bits per heavy atom. The standard InChI is InChI=1S/C20H18F2N2O2S/c21-13-5-6-14(15(22)11-13)17-12-23-19(26-17)7-8-20(25)24-9-1-3-16(24)18-4-2-10-27-18/h2,4-6,10-12,16H,1,3,7-9H2. The van der Waals surface area contributed by atoms with Crippen LogP contribution in [0.15, 0.2) is 46.3 Å². The SMILES string of the molecule is O=C(CCc1ncc(-c2ccc(F)cc2F)o1)N1CCCC1c1cccs1. The number of benzene rings is 1. The van der Waals surface area contributed by atoms with Gasteiger partial charge in [-0.25, -0.2) is 13.8 Å². The molecule has 1 aliphatic rings. The number of rotatable bonds is 5. The van der Waals surface area contributed by atoms with E-state index in [4.69, 9.17) is 4.42 Å². The van der Waals surface area contributed by atoms with E-state index >= 15 is 0 Å². The van der Waals surface area contributed by atoms with Crippen molar-refractivity contribution >= 4 is 17.2 Å². The number of amides is 1. The summed E-state index contributed by atoms with van der Waals surface area (Å²) in [6.45, 7) is 0.763. The molecule has 4 rings (SSSR count). The first-order valence-corrected chi connectivity index (χ1v) is 9.73. The smallest absolute Gasteiger partial charge is 0.223 e. The Kier molecular flexibility index (Phi) is 5.03. The molecule has 0 radical (unpaired) electrons. The second-order valence-corrected chi connectivity index (χ2v) is 7.48. The van der Waals surface area contributed by atoms with Crippen molar-refractivity contribution in [3.63, 3.8) is 0 Å². The van der Waals surface area contributed by atoms with E-state index in [0.29, 0.717) is 12.3 Å². The molecule has 3 aromatic rings. The Balaban J connectivity index is 1.40. The van der Waals surface area contributed by atoms with E-state index < -0.39 is 11.6 Å². The average molecular weight is 388 g/mol. The van der Waals surface area contributed by atoms with Crippen molar-refractivity contribution in [3.8, 4) is 11.3 Å². The quantitative estimate of drug-likeness (QED) is 0.619. The lowest BCUT2D eigenvalue weighted by molar-refractivity contribution is -0.132. The number of thiophene rings is 1. The molecule has 0 spiro atoms. The minimum atomic E-state index is -0.704. The van der Waals surface area contributed by atoms with Crippen LogP contribution in [0.1, 0.15) is 36.1 Å². The van der Waals surface area contributed by atoms with Gasteiger partial charge < -0.3 is 9.32 Å². The third-order valence-electron chi connectivity index (χ3n) is 4.75. The van der Waals surface area contributed by atoms with Crippen LogP contribution < -0.4 is 0 Å². The summed E-state index contributed by atoms with van der Waals surface area (Å²) in [6, 6.07) is 7.52. The minimum absolute atomic E-state index is 0.0682. The largest absolute Gasteiger partial charge is 0.441 e. The zero-order valence-electron chi connectivity index (χ0n) is 14.5. The van der Waals surface area contributed by atoms with Gasteiger partial charge in [0.25, 0.3) is 0 Å². The van der Waals surface area contributed by atoms with E-state index in [1.165, 1.54) is 23.2 Å². The lowest BCUT2D eigenvalue weighted by Gasteiger charge is -2.23. The van der Waals surface area contributed by atoms with Crippen LogP contribution >= 0.6 is 11.3 Å². The maximum atomic E-state index is 13.9. The summed E-state index contributed by atoms with van der Waals surface area (Å²) >= 11 is 1.67. The zero-order valence-corrected chi connectivity index (χ0v) is 15.3. The summed E-state index contributed by atoms with van der Waals surface area (Å²) in [7, 11) is 0. The highest BCUT2D eigenvalue weighted by Gasteiger charge is 2.30. The van der Waals surface area contributed by atoms with E-state index in [0.717, 1.165) is 25.5 Å². The lowest BCUT2D eigenvalue weighted by atomic mass is 10.1. The molecular weight excluding hydrogens is 370 g/mol. The fourth-order valence-electron chi connectivity index (χ4n) is 3.44. The number of aryl methyl sites for hydroxylation is 1. The van der Waals surface area contributed by atoms with E-state index in [1.807, 2.05) is 16.3 Å². The van der Waals surface area contributed by atoms with Crippen molar-refractivity contribution in [2.24, 2.45) is 0 Å². The molecule has 7 heteroatoms. The van der Waals surface area contributed by atoms with Gasteiger partial charge >= 0.3 is 0 Å². The molecule has 0 bridgehead atoms. The molecule has 1 atom stereocenters. The van der Waals surface area contributed by atoms with Crippen LogP contribution in [0.2, 0.25) is 0 Å². The Bertz CT molecular complexity index is 939. The van der Waals surface area contributed by atoms with Crippen LogP contribution in [0.25, 0.3) is 11.3 Å². The summed E-state index contributed by atoms with van der Waals surface area (Å²) in [6.07, 6.45) is 4.02. The first-order valence-electron chi connectivity index (χ1n) is 8.85. The summed E-state index contributed by atoms with van der Waals surface area (Å²) in [4.78, 5) is 19.9. The molecule has 3 heterocycles. The molecule has 1 fully saturated rings. The van der Waals surface area contributed by atoms with Gasteiger partial charge in [-0.15, -0.1) is 11.3 Å². The number of halogens is 2. The van der Waals surface area contributed by atoms with Gasteiger partial charge in [0.2, 0.25) is 5.91 Å². The van der Waals surface area contributed by atoms with E-state index in [-0.39, 0.29) is 29.7 Å². The number of oxazole rings is 1. The van der Waals surface area contributed by atoms with E-state index in [9.17, 15) is 13.6 Å². The van der Waals surface area contributed by atoms with E-state index in [2.05, 4.69) is 11.1 Å². The van der Waals surface area contributed by atoms with Gasteiger partial charge in [0.1, 0.15) is 11.6 Å². The molecule has 1 aromatic carbocycles. The van der Waals surface area contributed by atoms with Crippen molar-refractivity contribution in [2.75, 3.05) is 6.54 Å². The number of aromatic nitrogens is 1. The number of hydrogen-bond acceptors (Lipinski definition) is 4. The van der Waals surface area contributed by atoms with Crippen LogP contribution in [-0.2, 0) is 11.2 Å².